The molecule has 0 radical (unpaired) electrons. The van der Waals surface area contributed by atoms with Gasteiger partial charge in [-0.1, -0.05) is 6.07 Å². The van der Waals surface area contributed by atoms with Crippen molar-refractivity contribution in [2.75, 3.05) is 12.4 Å². The fourth-order valence-electron chi connectivity index (χ4n) is 3.53. The first-order chi connectivity index (χ1) is 13.1. The van der Waals surface area contributed by atoms with Crippen LogP contribution in [0, 0.1) is 11.6 Å². The number of oxazole rings is 1. The lowest BCUT2D eigenvalue weighted by Crippen LogP contribution is -2.30. The third kappa shape index (κ3) is 3.41. The molecule has 0 N–H and O–H groups in total. The van der Waals surface area contributed by atoms with Crippen LogP contribution >= 0.6 is 11.6 Å². The second-order valence-electron chi connectivity index (χ2n) is 6.54. The van der Waals surface area contributed by atoms with Crippen molar-refractivity contribution < 1.29 is 18.0 Å². The molecule has 0 aliphatic carbocycles. The number of fused-ring (bicyclic) bond motifs is 1. The molecule has 1 atom stereocenters. The fraction of sp³-hybridized carbons (Fsp3) is 0.300. The van der Waals surface area contributed by atoms with Gasteiger partial charge in [0.1, 0.15) is 23.2 Å². The molecule has 0 bridgehead atoms. The Labute approximate surface area is 159 Å². The number of likely N-dealkylation sites (tertiary alicyclic amines) is 1. The van der Waals surface area contributed by atoms with E-state index < -0.39 is 11.6 Å². The van der Waals surface area contributed by atoms with E-state index in [1.807, 2.05) is 0 Å². The molecule has 140 valence electrons. The second-order valence-corrected chi connectivity index (χ2v) is 6.92. The van der Waals surface area contributed by atoms with Gasteiger partial charge in [0.2, 0.25) is 11.8 Å². The maximum atomic E-state index is 14.1. The Kier molecular flexibility index (Phi) is 4.83. The molecule has 1 aliphatic rings. The van der Waals surface area contributed by atoms with Crippen LogP contribution in [0.2, 0.25) is 0 Å². The molecule has 1 aromatic heterocycles. The van der Waals surface area contributed by atoms with Crippen molar-refractivity contribution >= 4 is 28.6 Å². The van der Waals surface area contributed by atoms with E-state index in [-0.39, 0.29) is 24.2 Å². The first-order valence-corrected chi connectivity index (χ1v) is 9.31. The van der Waals surface area contributed by atoms with Gasteiger partial charge in [0.25, 0.3) is 0 Å². The predicted octanol–water partition coefficient (Wildman–Crippen LogP) is 5.07. The van der Waals surface area contributed by atoms with Crippen molar-refractivity contribution in [3.63, 3.8) is 0 Å². The molecule has 2 heterocycles. The summed E-state index contributed by atoms with van der Waals surface area (Å²) in [4.78, 5) is 18.5. The Morgan fingerprint density at radius 3 is 2.89 bits per heavy atom. The van der Waals surface area contributed by atoms with Crippen LogP contribution in [0.25, 0.3) is 22.2 Å². The van der Waals surface area contributed by atoms with Crippen LogP contribution in [0.1, 0.15) is 31.2 Å². The molecule has 1 fully saturated rings. The first-order valence-electron chi connectivity index (χ1n) is 8.78. The van der Waals surface area contributed by atoms with Gasteiger partial charge in [-0.2, -0.15) is 0 Å². The molecule has 1 aliphatic heterocycles. The third-order valence-electron chi connectivity index (χ3n) is 4.81. The lowest BCUT2D eigenvalue weighted by Gasteiger charge is -2.21. The van der Waals surface area contributed by atoms with Crippen LogP contribution in [0.4, 0.5) is 8.78 Å². The lowest BCUT2D eigenvalue weighted by atomic mass is 10.0. The summed E-state index contributed by atoms with van der Waals surface area (Å²) in [5.74, 6) is -0.510. The molecule has 4 rings (SSSR count). The minimum absolute atomic E-state index is 0.0103. The van der Waals surface area contributed by atoms with Crippen LogP contribution in [0.15, 0.2) is 40.8 Å². The number of rotatable bonds is 4. The number of nitrogens with zero attached hydrogens (tertiary/aromatic N) is 2. The van der Waals surface area contributed by atoms with Crippen LogP contribution in [-0.2, 0) is 4.79 Å². The van der Waals surface area contributed by atoms with E-state index in [1.165, 1.54) is 12.1 Å². The molecule has 0 spiro atoms. The smallest absolute Gasteiger partial charge is 0.224 e. The van der Waals surface area contributed by atoms with E-state index in [0.717, 1.165) is 18.9 Å². The highest BCUT2D eigenvalue weighted by molar-refractivity contribution is 6.18. The summed E-state index contributed by atoms with van der Waals surface area (Å²) < 4.78 is 33.1. The first kappa shape index (κ1) is 17.9. The van der Waals surface area contributed by atoms with Crippen LogP contribution in [0.5, 0.6) is 0 Å². The summed E-state index contributed by atoms with van der Waals surface area (Å²) >= 11 is 5.69. The number of carbonyl (C=O) groups excluding carboxylic acids is 1. The number of benzene rings is 2. The van der Waals surface area contributed by atoms with E-state index in [4.69, 9.17) is 16.0 Å². The molecule has 4 nitrogen and oxygen atoms in total. The van der Waals surface area contributed by atoms with Crippen molar-refractivity contribution in [2.24, 2.45) is 0 Å². The number of hydrogen-bond donors (Lipinski definition) is 0. The van der Waals surface area contributed by atoms with Crippen molar-refractivity contribution in [3.05, 3.63) is 53.9 Å². The van der Waals surface area contributed by atoms with Gasteiger partial charge in [-0.3, -0.25) is 4.79 Å². The minimum atomic E-state index is -0.633. The summed E-state index contributed by atoms with van der Waals surface area (Å²) in [7, 11) is 0. The Hall–Kier alpha value is -2.47. The average molecular weight is 391 g/mol. The van der Waals surface area contributed by atoms with Gasteiger partial charge in [-0.25, -0.2) is 13.8 Å². The van der Waals surface area contributed by atoms with Crippen molar-refractivity contribution in [1.29, 1.82) is 0 Å². The number of hydrogen-bond acceptors (Lipinski definition) is 3. The molecular formula is C20H17ClF2N2O2. The molecule has 27 heavy (non-hydrogen) atoms. The van der Waals surface area contributed by atoms with E-state index >= 15 is 0 Å². The van der Waals surface area contributed by atoms with Gasteiger partial charge in [0.05, 0.1) is 0 Å². The molecule has 1 amide bonds. The molecule has 1 unspecified atom stereocenters. The Morgan fingerprint density at radius 1 is 1.26 bits per heavy atom. The molecule has 0 saturated carbocycles. The van der Waals surface area contributed by atoms with Crippen LogP contribution in [0.3, 0.4) is 0 Å². The van der Waals surface area contributed by atoms with Gasteiger partial charge in [-0.05, 0) is 42.7 Å². The van der Waals surface area contributed by atoms with Crippen LogP contribution < -0.4 is 0 Å². The van der Waals surface area contributed by atoms with E-state index in [2.05, 4.69) is 4.98 Å². The van der Waals surface area contributed by atoms with Gasteiger partial charge in [-0.15, -0.1) is 11.6 Å². The predicted molar refractivity (Wildman–Crippen MR) is 98.4 cm³/mol. The average Bonchev–Trinajstić information content (AvgIpc) is 3.28. The zero-order valence-electron chi connectivity index (χ0n) is 14.4. The number of carbonyl (C=O) groups is 1. The molecule has 1 saturated heterocycles. The number of alkyl halides is 1. The second kappa shape index (κ2) is 7.27. The summed E-state index contributed by atoms with van der Waals surface area (Å²) in [6.45, 7) is 0.658. The van der Waals surface area contributed by atoms with Gasteiger partial charge < -0.3 is 9.32 Å². The molecule has 2 aromatic carbocycles. The highest BCUT2D eigenvalue weighted by Crippen LogP contribution is 2.35. The van der Waals surface area contributed by atoms with Gasteiger partial charge in [0, 0.05) is 30.5 Å². The standard InChI is InChI=1S/C20H17ClF2N2O2/c21-8-7-19(26)25-9-1-2-17(25)20-24-16-10-12(3-6-18(16)27-20)14-5-4-13(22)11-15(14)23/h3-6,10-11,17H,1-2,7-9H2. The van der Waals surface area contributed by atoms with Crippen LogP contribution in [-0.4, -0.2) is 28.2 Å². The minimum Gasteiger partial charge on any atom is -0.438 e. The zero-order chi connectivity index (χ0) is 19.0. The summed E-state index contributed by atoms with van der Waals surface area (Å²) in [5.41, 5.74) is 2.01. The van der Waals surface area contributed by atoms with E-state index in [9.17, 15) is 13.6 Å². The Balaban J connectivity index is 1.68. The number of halogens is 3. The third-order valence-corrected chi connectivity index (χ3v) is 5.00. The maximum Gasteiger partial charge on any atom is 0.224 e. The van der Waals surface area contributed by atoms with Crippen molar-refractivity contribution in [1.82, 2.24) is 9.88 Å². The molecular weight excluding hydrogens is 374 g/mol. The monoisotopic (exact) mass is 390 g/mol. The van der Waals surface area contributed by atoms with Gasteiger partial charge in [0.15, 0.2) is 5.58 Å². The largest absolute Gasteiger partial charge is 0.438 e. The summed E-state index contributed by atoms with van der Waals surface area (Å²) in [6, 6.07) is 8.39. The quantitative estimate of drug-likeness (QED) is 0.584. The number of aromatic nitrogens is 1. The zero-order valence-corrected chi connectivity index (χ0v) is 15.2. The number of amides is 1. The molecule has 3 aromatic rings. The lowest BCUT2D eigenvalue weighted by molar-refractivity contribution is -0.132. The van der Waals surface area contributed by atoms with Crippen molar-refractivity contribution in [3.8, 4) is 11.1 Å². The van der Waals surface area contributed by atoms with E-state index in [1.54, 1.807) is 23.1 Å². The Morgan fingerprint density at radius 2 is 2.11 bits per heavy atom. The van der Waals surface area contributed by atoms with Crippen molar-refractivity contribution in [2.45, 2.75) is 25.3 Å². The highest BCUT2D eigenvalue weighted by atomic mass is 35.5. The van der Waals surface area contributed by atoms with Gasteiger partial charge >= 0.3 is 0 Å². The van der Waals surface area contributed by atoms with E-state index in [0.29, 0.717) is 34.7 Å². The summed E-state index contributed by atoms with van der Waals surface area (Å²) in [6.07, 6.45) is 1.94. The maximum absolute atomic E-state index is 14.1. The normalized spacial score (nSPS) is 17.0. The fourth-order valence-corrected chi connectivity index (χ4v) is 3.69. The SMILES string of the molecule is O=C(CCCl)N1CCCC1c1nc2cc(-c3ccc(F)cc3F)ccc2o1. The highest BCUT2D eigenvalue weighted by Gasteiger charge is 2.33. The Bertz CT molecular complexity index is 1000. The summed E-state index contributed by atoms with van der Waals surface area (Å²) in [5, 5.41) is 0. The molecule has 7 heteroatoms. The topological polar surface area (TPSA) is 46.3 Å².